The summed E-state index contributed by atoms with van der Waals surface area (Å²) in [6, 6.07) is 39.4. The van der Waals surface area contributed by atoms with Gasteiger partial charge in [0.2, 0.25) is 0 Å². The average molecular weight is 462 g/mol. The lowest BCUT2D eigenvalue weighted by Crippen LogP contribution is -2.01. The van der Waals surface area contributed by atoms with E-state index in [1.165, 1.54) is 0 Å². The van der Waals surface area contributed by atoms with E-state index in [1.807, 2.05) is 109 Å². The van der Waals surface area contributed by atoms with Crippen LogP contribution in [0, 0.1) is 11.3 Å². The number of benzene rings is 4. The van der Waals surface area contributed by atoms with Crippen molar-refractivity contribution in [2.24, 2.45) is 0 Å². The Kier molecular flexibility index (Phi) is 5.45. The zero-order valence-electron chi connectivity index (χ0n) is 19.2. The van der Waals surface area contributed by atoms with E-state index in [9.17, 15) is 5.26 Å². The Hall–Kier alpha value is -5.21. The number of nitriles is 1. The number of para-hydroxylation sites is 2. The van der Waals surface area contributed by atoms with Crippen molar-refractivity contribution in [2.45, 2.75) is 0 Å². The molecule has 6 rings (SSSR count). The molecular formula is C31H19N5. The number of hydrogen-bond donors (Lipinski definition) is 0. The van der Waals surface area contributed by atoms with Crippen LogP contribution in [0.1, 0.15) is 5.56 Å². The van der Waals surface area contributed by atoms with Gasteiger partial charge in [0, 0.05) is 16.7 Å². The fourth-order valence-electron chi connectivity index (χ4n) is 4.16. The molecule has 168 valence electrons. The van der Waals surface area contributed by atoms with E-state index < -0.39 is 0 Å². The van der Waals surface area contributed by atoms with Crippen LogP contribution in [0.3, 0.4) is 0 Å². The maximum atomic E-state index is 9.48. The minimum absolute atomic E-state index is 0.478. The lowest BCUT2D eigenvalue weighted by molar-refractivity contribution is 1.14. The number of fused-ring (bicyclic) bond motifs is 1. The predicted molar refractivity (Wildman–Crippen MR) is 142 cm³/mol. The molecule has 0 amide bonds. The molecule has 0 spiro atoms. The highest BCUT2D eigenvalue weighted by Crippen LogP contribution is 2.33. The summed E-state index contributed by atoms with van der Waals surface area (Å²) in [6.45, 7) is 0. The van der Waals surface area contributed by atoms with Crippen LogP contribution in [-0.2, 0) is 0 Å². The number of hydrogen-bond acceptors (Lipinski definition) is 5. The molecule has 0 unspecified atom stereocenters. The summed E-state index contributed by atoms with van der Waals surface area (Å²) in [5.74, 6) is 0.478. The van der Waals surface area contributed by atoms with Crippen molar-refractivity contribution in [1.82, 2.24) is 19.9 Å². The van der Waals surface area contributed by atoms with Crippen molar-refractivity contribution in [3.8, 4) is 51.4 Å². The van der Waals surface area contributed by atoms with Gasteiger partial charge in [0.15, 0.2) is 5.82 Å². The predicted octanol–water partition coefficient (Wildman–Crippen LogP) is 6.96. The minimum atomic E-state index is 0.478. The Morgan fingerprint density at radius 1 is 0.472 bits per heavy atom. The van der Waals surface area contributed by atoms with E-state index in [2.05, 4.69) is 6.07 Å². The zero-order valence-corrected chi connectivity index (χ0v) is 19.2. The van der Waals surface area contributed by atoms with Gasteiger partial charge in [-0.25, -0.2) is 19.9 Å². The maximum absolute atomic E-state index is 9.48. The van der Waals surface area contributed by atoms with Crippen LogP contribution in [0.4, 0.5) is 0 Å². The molecule has 0 radical (unpaired) electrons. The molecule has 6 aromatic rings. The van der Waals surface area contributed by atoms with E-state index in [0.29, 0.717) is 22.8 Å². The van der Waals surface area contributed by atoms with Crippen molar-refractivity contribution >= 4 is 11.0 Å². The first-order valence-electron chi connectivity index (χ1n) is 11.6. The molecule has 0 saturated carbocycles. The monoisotopic (exact) mass is 461 g/mol. The summed E-state index contributed by atoms with van der Waals surface area (Å²) in [5, 5.41) is 9.48. The van der Waals surface area contributed by atoms with Crippen molar-refractivity contribution in [1.29, 1.82) is 5.26 Å². The van der Waals surface area contributed by atoms with Crippen LogP contribution in [0.2, 0.25) is 0 Å². The van der Waals surface area contributed by atoms with Crippen molar-refractivity contribution in [2.75, 3.05) is 0 Å². The summed E-state index contributed by atoms with van der Waals surface area (Å²) < 4.78 is 0. The molecule has 0 N–H and O–H groups in total. The van der Waals surface area contributed by atoms with Crippen molar-refractivity contribution in [3.05, 3.63) is 121 Å². The second-order valence-corrected chi connectivity index (χ2v) is 8.30. The molecule has 0 saturated heterocycles. The fraction of sp³-hybridized carbons (Fsp3) is 0. The molecule has 0 aliphatic rings. The molecule has 36 heavy (non-hydrogen) atoms. The van der Waals surface area contributed by atoms with Gasteiger partial charge in [-0.05, 0) is 30.3 Å². The van der Waals surface area contributed by atoms with E-state index in [1.54, 1.807) is 6.07 Å². The number of rotatable bonds is 4. The highest BCUT2D eigenvalue weighted by atomic mass is 15.0. The van der Waals surface area contributed by atoms with Crippen LogP contribution < -0.4 is 0 Å². The highest BCUT2D eigenvalue weighted by molar-refractivity contribution is 5.85. The SMILES string of the molecule is N#Cc1cccc(-c2nc3ccccc3nc2-c2nc(-c3ccccc3)cc(-c3ccccc3)n2)c1. The van der Waals surface area contributed by atoms with Gasteiger partial charge in [-0.2, -0.15) is 5.26 Å². The number of nitrogens with zero attached hydrogens (tertiary/aromatic N) is 5. The van der Waals surface area contributed by atoms with E-state index in [4.69, 9.17) is 19.9 Å². The van der Waals surface area contributed by atoms with E-state index in [0.717, 1.165) is 39.1 Å². The Morgan fingerprint density at radius 3 is 1.58 bits per heavy atom. The van der Waals surface area contributed by atoms with E-state index in [-0.39, 0.29) is 0 Å². The quantitative estimate of drug-likeness (QED) is 0.284. The third-order valence-corrected chi connectivity index (χ3v) is 5.91. The first-order valence-corrected chi connectivity index (χ1v) is 11.6. The molecule has 2 heterocycles. The normalized spacial score (nSPS) is 10.8. The van der Waals surface area contributed by atoms with Gasteiger partial charge in [-0.15, -0.1) is 0 Å². The van der Waals surface area contributed by atoms with Gasteiger partial charge in [-0.1, -0.05) is 84.9 Å². The van der Waals surface area contributed by atoms with Crippen LogP contribution >= 0.6 is 0 Å². The Bertz CT molecular complexity index is 1680. The van der Waals surface area contributed by atoms with Gasteiger partial charge in [0.1, 0.15) is 11.4 Å². The molecule has 0 aliphatic carbocycles. The lowest BCUT2D eigenvalue weighted by atomic mass is 10.0. The molecule has 5 heteroatoms. The summed E-state index contributed by atoms with van der Waals surface area (Å²) in [4.78, 5) is 19.8. The largest absolute Gasteiger partial charge is 0.244 e. The van der Waals surface area contributed by atoms with Gasteiger partial charge in [-0.3, -0.25) is 0 Å². The maximum Gasteiger partial charge on any atom is 0.181 e. The van der Waals surface area contributed by atoms with Crippen LogP contribution in [-0.4, -0.2) is 19.9 Å². The van der Waals surface area contributed by atoms with Crippen LogP contribution in [0.5, 0.6) is 0 Å². The lowest BCUT2D eigenvalue weighted by Gasteiger charge is -2.12. The van der Waals surface area contributed by atoms with E-state index >= 15 is 0 Å². The standard InChI is InChI=1S/C31H19N5/c32-20-21-10-9-15-24(18-21)29-30(34-26-17-8-7-16-25(26)33-29)31-35-27(22-11-3-1-4-12-22)19-28(36-31)23-13-5-2-6-14-23/h1-19H. The Morgan fingerprint density at radius 2 is 1.00 bits per heavy atom. The second kappa shape index (κ2) is 9.21. The molecule has 0 fully saturated rings. The third kappa shape index (κ3) is 4.08. The first-order chi connectivity index (χ1) is 17.8. The van der Waals surface area contributed by atoms with Crippen molar-refractivity contribution in [3.63, 3.8) is 0 Å². The Labute approximate surface area is 208 Å². The smallest absolute Gasteiger partial charge is 0.181 e. The molecule has 2 aromatic heterocycles. The third-order valence-electron chi connectivity index (χ3n) is 5.91. The molecule has 0 atom stereocenters. The Balaban J connectivity index is 1.65. The molecular weight excluding hydrogens is 442 g/mol. The molecule has 4 aromatic carbocycles. The second-order valence-electron chi connectivity index (χ2n) is 8.30. The van der Waals surface area contributed by atoms with Gasteiger partial charge in [0.05, 0.1) is 34.1 Å². The van der Waals surface area contributed by atoms with Gasteiger partial charge >= 0.3 is 0 Å². The summed E-state index contributed by atoms with van der Waals surface area (Å²) in [7, 11) is 0. The molecule has 5 nitrogen and oxygen atoms in total. The van der Waals surface area contributed by atoms with Crippen LogP contribution in [0.15, 0.2) is 115 Å². The minimum Gasteiger partial charge on any atom is -0.244 e. The summed E-state index contributed by atoms with van der Waals surface area (Å²) in [5.41, 5.74) is 7.63. The highest BCUT2D eigenvalue weighted by Gasteiger charge is 2.18. The topological polar surface area (TPSA) is 75.3 Å². The van der Waals surface area contributed by atoms with Gasteiger partial charge in [0.25, 0.3) is 0 Å². The van der Waals surface area contributed by atoms with Crippen molar-refractivity contribution < 1.29 is 0 Å². The zero-order chi connectivity index (χ0) is 24.3. The molecule has 0 aliphatic heterocycles. The number of aromatic nitrogens is 4. The van der Waals surface area contributed by atoms with Gasteiger partial charge < -0.3 is 0 Å². The fourth-order valence-corrected chi connectivity index (χ4v) is 4.16. The first kappa shape index (κ1) is 21.3. The average Bonchev–Trinajstić information content (AvgIpc) is 2.97. The molecule has 0 bridgehead atoms. The summed E-state index contributed by atoms with van der Waals surface area (Å²) in [6.07, 6.45) is 0. The summed E-state index contributed by atoms with van der Waals surface area (Å²) >= 11 is 0. The van der Waals surface area contributed by atoms with Crippen LogP contribution in [0.25, 0.3) is 56.3 Å².